The SMILES string of the molecule is CCCOc1ccc(N2C(=O)C[C@@H]([NH2+]Cc3ccccc3)C2=O)cc1. The van der Waals surface area contributed by atoms with E-state index in [9.17, 15) is 9.59 Å². The summed E-state index contributed by atoms with van der Waals surface area (Å²) in [6.07, 6.45) is 1.17. The molecule has 0 unspecified atom stereocenters. The van der Waals surface area contributed by atoms with Crippen molar-refractivity contribution >= 4 is 17.5 Å². The van der Waals surface area contributed by atoms with Crippen LogP contribution in [0.2, 0.25) is 0 Å². The maximum atomic E-state index is 12.6. The molecule has 5 heteroatoms. The van der Waals surface area contributed by atoms with Crippen LogP contribution in [0.15, 0.2) is 54.6 Å². The monoisotopic (exact) mass is 339 g/mol. The van der Waals surface area contributed by atoms with Crippen LogP contribution < -0.4 is 15.0 Å². The summed E-state index contributed by atoms with van der Waals surface area (Å²) in [5.41, 5.74) is 1.74. The molecule has 0 spiro atoms. The van der Waals surface area contributed by atoms with E-state index in [1.807, 2.05) is 42.6 Å². The van der Waals surface area contributed by atoms with Crippen molar-refractivity contribution in [2.24, 2.45) is 0 Å². The first-order chi connectivity index (χ1) is 12.2. The van der Waals surface area contributed by atoms with Crippen LogP contribution in [-0.4, -0.2) is 24.5 Å². The van der Waals surface area contributed by atoms with Gasteiger partial charge in [0, 0.05) is 5.56 Å². The molecule has 3 rings (SSSR count). The highest BCUT2D eigenvalue weighted by atomic mass is 16.5. The fourth-order valence-corrected chi connectivity index (χ4v) is 2.91. The summed E-state index contributed by atoms with van der Waals surface area (Å²) in [5.74, 6) is 0.446. The van der Waals surface area contributed by atoms with E-state index in [-0.39, 0.29) is 24.3 Å². The van der Waals surface area contributed by atoms with Crippen LogP contribution in [0.4, 0.5) is 5.69 Å². The lowest BCUT2D eigenvalue weighted by molar-refractivity contribution is -0.690. The van der Waals surface area contributed by atoms with Crippen LogP contribution in [0.1, 0.15) is 25.3 Å². The van der Waals surface area contributed by atoms with Gasteiger partial charge in [-0.2, -0.15) is 0 Å². The summed E-state index contributed by atoms with van der Waals surface area (Å²) in [6.45, 7) is 3.38. The Morgan fingerprint density at radius 3 is 2.48 bits per heavy atom. The van der Waals surface area contributed by atoms with E-state index < -0.39 is 0 Å². The Labute approximate surface area is 147 Å². The number of rotatable bonds is 7. The fraction of sp³-hybridized carbons (Fsp3) is 0.300. The number of benzene rings is 2. The Kier molecular flexibility index (Phi) is 5.46. The molecule has 2 N–H and O–H groups in total. The molecule has 0 aromatic heterocycles. The Balaban J connectivity index is 1.64. The van der Waals surface area contributed by atoms with Gasteiger partial charge in [0.1, 0.15) is 12.3 Å². The molecule has 5 nitrogen and oxygen atoms in total. The largest absolute Gasteiger partial charge is 0.494 e. The van der Waals surface area contributed by atoms with Gasteiger partial charge in [-0.1, -0.05) is 37.3 Å². The van der Waals surface area contributed by atoms with Gasteiger partial charge in [0.2, 0.25) is 5.91 Å². The van der Waals surface area contributed by atoms with Crippen molar-refractivity contribution in [1.29, 1.82) is 0 Å². The van der Waals surface area contributed by atoms with Crippen LogP contribution in [0.5, 0.6) is 5.75 Å². The van der Waals surface area contributed by atoms with Crippen molar-refractivity contribution in [3.8, 4) is 5.75 Å². The molecule has 1 atom stereocenters. The Morgan fingerprint density at radius 2 is 1.80 bits per heavy atom. The van der Waals surface area contributed by atoms with Crippen LogP contribution in [-0.2, 0) is 16.1 Å². The second-order valence-corrected chi connectivity index (χ2v) is 6.15. The van der Waals surface area contributed by atoms with Crippen LogP contribution >= 0.6 is 0 Å². The molecule has 1 aliphatic rings. The molecule has 2 amide bonds. The second-order valence-electron chi connectivity index (χ2n) is 6.15. The number of hydrogen-bond donors (Lipinski definition) is 1. The predicted octanol–water partition coefficient (Wildman–Crippen LogP) is 1.87. The van der Waals surface area contributed by atoms with Gasteiger partial charge < -0.3 is 10.1 Å². The number of anilines is 1. The number of carbonyl (C=O) groups excluding carboxylic acids is 2. The number of nitrogens with two attached hydrogens (primary N) is 1. The number of imide groups is 1. The Morgan fingerprint density at radius 1 is 1.08 bits per heavy atom. The predicted molar refractivity (Wildman–Crippen MR) is 95.2 cm³/mol. The third kappa shape index (κ3) is 4.06. The van der Waals surface area contributed by atoms with Gasteiger partial charge in [-0.05, 0) is 30.7 Å². The number of amides is 2. The molecule has 1 saturated heterocycles. The van der Waals surface area contributed by atoms with E-state index in [0.29, 0.717) is 18.8 Å². The molecule has 1 aliphatic heterocycles. The van der Waals surface area contributed by atoms with Gasteiger partial charge in [-0.3, -0.25) is 9.59 Å². The molecule has 2 aromatic rings. The zero-order valence-corrected chi connectivity index (χ0v) is 14.4. The molecular weight excluding hydrogens is 316 g/mol. The lowest BCUT2D eigenvalue weighted by Crippen LogP contribution is -2.90. The Hall–Kier alpha value is -2.66. The topological polar surface area (TPSA) is 63.2 Å². The summed E-state index contributed by atoms with van der Waals surface area (Å²) in [5, 5.41) is 1.94. The molecule has 0 aliphatic carbocycles. The van der Waals surface area contributed by atoms with Gasteiger partial charge in [-0.25, -0.2) is 4.90 Å². The zero-order valence-electron chi connectivity index (χ0n) is 14.4. The normalized spacial score (nSPS) is 17.2. The van der Waals surface area contributed by atoms with Gasteiger partial charge in [0.05, 0.1) is 18.7 Å². The van der Waals surface area contributed by atoms with Crippen molar-refractivity contribution in [1.82, 2.24) is 0 Å². The summed E-state index contributed by atoms with van der Waals surface area (Å²) < 4.78 is 5.54. The summed E-state index contributed by atoms with van der Waals surface area (Å²) in [6, 6.07) is 16.7. The first kappa shape index (κ1) is 17.2. The third-order valence-corrected chi connectivity index (χ3v) is 4.23. The quantitative estimate of drug-likeness (QED) is 0.784. The average molecular weight is 339 g/mol. The smallest absolute Gasteiger partial charge is 0.292 e. The number of ether oxygens (including phenoxy) is 1. The van der Waals surface area contributed by atoms with Crippen LogP contribution in [0.25, 0.3) is 0 Å². The fourth-order valence-electron chi connectivity index (χ4n) is 2.91. The maximum Gasteiger partial charge on any atom is 0.292 e. The molecule has 1 fully saturated rings. The Bertz CT molecular complexity index is 728. The lowest BCUT2D eigenvalue weighted by Gasteiger charge is -2.15. The van der Waals surface area contributed by atoms with Crippen molar-refractivity contribution in [3.63, 3.8) is 0 Å². The molecule has 0 bridgehead atoms. The van der Waals surface area contributed by atoms with E-state index >= 15 is 0 Å². The molecule has 2 aromatic carbocycles. The second kappa shape index (κ2) is 7.94. The van der Waals surface area contributed by atoms with Gasteiger partial charge >= 0.3 is 0 Å². The standard InChI is InChI=1S/C20H22N2O3/c1-2-12-25-17-10-8-16(9-11-17)22-19(23)13-18(20(22)24)21-14-15-6-4-3-5-7-15/h3-11,18,21H,2,12-14H2,1H3/p+1/t18-/m1/s1. The molecule has 25 heavy (non-hydrogen) atoms. The average Bonchev–Trinajstić information content (AvgIpc) is 2.93. The van der Waals surface area contributed by atoms with E-state index in [0.717, 1.165) is 17.7 Å². The number of nitrogens with zero attached hydrogens (tertiary/aromatic N) is 1. The highest BCUT2D eigenvalue weighted by Gasteiger charge is 2.42. The van der Waals surface area contributed by atoms with Crippen molar-refractivity contribution in [2.45, 2.75) is 32.4 Å². The van der Waals surface area contributed by atoms with Gasteiger partial charge in [-0.15, -0.1) is 0 Å². The minimum absolute atomic E-state index is 0.150. The molecular formula is C20H23N2O3+. The van der Waals surface area contributed by atoms with Gasteiger partial charge in [0.15, 0.2) is 6.04 Å². The highest BCUT2D eigenvalue weighted by molar-refractivity contribution is 6.21. The molecule has 0 radical (unpaired) electrons. The van der Waals surface area contributed by atoms with E-state index in [1.54, 1.807) is 24.3 Å². The molecule has 0 saturated carbocycles. The van der Waals surface area contributed by atoms with E-state index in [1.165, 1.54) is 4.90 Å². The first-order valence-corrected chi connectivity index (χ1v) is 8.66. The number of carbonyl (C=O) groups is 2. The third-order valence-electron chi connectivity index (χ3n) is 4.23. The number of quaternary nitrogens is 1. The van der Waals surface area contributed by atoms with Gasteiger partial charge in [0.25, 0.3) is 5.91 Å². The van der Waals surface area contributed by atoms with E-state index in [2.05, 4.69) is 0 Å². The van der Waals surface area contributed by atoms with Crippen LogP contribution in [0, 0.1) is 0 Å². The minimum atomic E-state index is -0.358. The number of hydrogen-bond acceptors (Lipinski definition) is 3. The first-order valence-electron chi connectivity index (χ1n) is 8.66. The van der Waals surface area contributed by atoms with Crippen LogP contribution in [0.3, 0.4) is 0 Å². The highest BCUT2D eigenvalue weighted by Crippen LogP contribution is 2.24. The molecule has 130 valence electrons. The summed E-state index contributed by atoms with van der Waals surface area (Å²) >= 11 is 0. The van der Waals surface area contributed by atoms with Crippen molar-refractivity contribution in [2.75, 3.05) is 11.5 Å². The lowest BCUT2D eigenvalue weighted by atomic mass is 10.2. The summed E-state index contributed by atoms with van der Waals surface area (Å²) in [7, 11) is 0. The zero-order chi connectivity index (χ0) is 17.6. The van der Waals surface area contributed by atoms with Crippen molar-refractivity contribution < 1.29 is 19.6 Å². The van der Waals surface area contributed by atoms with E-state index in [4.69, 9.17) is 4.74 Å². The van der Waals surface area contributed by atoms with Crippen molar-refractivity contribution in [3.05, 3.63) is 60.2 Å². The maximum absolute atomic E-state index is 12.6. The summed E-state index contributed by atoms with van der Waals surface area (Å²) in [4.78, 5) is 26.2. The molecule has 1 heterocycles. The minimum Gasteiger partial charge on any atom is -0.494 e.